The summed E-state index contributed by atoms with van der Waals surface area (Å²) in [5, 5.41) is 9.25. The van der Waals surface area contributed by atoms with Crippen molar-refractivity contribution in [2.24, 2.45) is 0 Å². The number of rotatable bonds is 3. The molecule has 0 spiro atoms. The number of carbonyl (C=O) groups is 1. The Bertz CT molecular complexity index is 316. The molecule has 1 aromatic rings. The molecule has 2 heteroatoms. The minimum absolute atomic E-state index is 0.227. The number of benzene rings is 1. The van der Waals surface area contributed by atoms with E-state index in [9.17, 15) is 9.90 Å². The second kappa shape index (κ2) is 4.08. The standard InChI is InChI=1S/C11H14O2/c1-3-10(12)7-9-4-5-11(13)8(2)6-9/h4-6,13H,3,7H2,1-2H3. The Morgan fingerprint density at radius 2 is 2.15 bits per heavy atom. The van der Waals surface area contributed by atoms with E-state index < -0.39 is 0 Å². The Balaban J connectivity index is 2.79. The monoisotopic (exact) mass is 178 g/mol. The van der Waals surface area contributed by atoms with Crippen LogP contribution in [0.4, 0.5) is 0 Å². The van der Waals surface area contributed by atoms with Crippen molar-refractivity contribution < 1.29 is 9.90 Å². The van der Waals surface area contributed by atoms with Gasteiger partial charge in [0.15, 0.2) is 0 Å². The molecule has 1 aromatic carbocycles. The van der Waals surface area contributed by atoms with Crippen molar-refractivity contribution in [1.29, 1.82) is 0 Å². The summed E-state index contributed by atoms with van der Waals surface area (Å²) in [4.78, 5) is 11.1. The number of aryl methyl sites for hydroxylation is 1. The topological polar surface area (TPSA) is 37.3 Å². The average Bonchev–Trinajstić information content (AvgIpc) is 2.11. The number of hydrogen-bond donors (Lipinski definition) is 1. The number of hydrogen-bond acceptors (Lipinski definition) is 2. The quantitative estimate of drug-likeness (QED) is 0.770. The molecule has 0 heterocycles. The minimum Gasteiger partial charge on any atom is -0.508 e. The van der Waals surface area contributed by atoms with Gasteiger partial charge in [-0.25, -0.2) is 0 Å². The van der Waals surface area contributed by atoms with Gasteiger partial charge in [0.25, 0.3) is 0 Å². The highest BCUT2D eigenvalue weighted by Crippen LogP contribution is 2.17. The highest BCUT2D eigenvalue weighted by atomic mass is 16.3. The molecule has 0 unspecified atom stereocenters. The fraction of sp³-hybridized carbons (Fsp3) is 0.364. The van der Waals surface area contributed by atoms with Crippen molar-refractivity contribution in [1.82, 2.24) is 0 Å². The summed E-state index contributed by atoms with van der Waals surface area (Å²) in [7, 11) is 0. The summed E-state index contributed by atoms with van der Waals surface area (Å²) in [5.74, 6) is 0.512. The SMILES string of the molecule is CCC(=O)Cc1ccc(O)c(C)c1. The lowest BCUT2D eigenvalue weighted by molar-refractivity contribution is -0.118. The normalized spacial score (nSPS) is 10.0. The molecule has 0 aromatic heterocycles. The minimum atomic E-state index is 0.227. The molecule has 0 saturated heterocycles. The van der Waals surface area contributed by atoms with E-state index in [4.69, 9.17) is 0 Å². The molecule has 1 N–H and O–H groups in total. The summed E-state index contributed by atoms with van der Waals surface area (Å²) in [6.45, 7) is 3.69. The summed E-state index contributed by atoms with van der Waals surface area (Å²) >= 11 is 0. The first-order valence-corrected chi connectivity index (χ1v) is 4.43. The van der Waals surface area contributed by atoms with Gasteiger partial charge in [-0.15, -0.1) is 0 Å². The molecule has 0 fully saturated rings. The number of aromatic hydroxyl groups is 1. The lowest BCUT2D eigenvalue weighted by Crippen LogP contribution is -2.00. The van der Waals surface area contributed by atoms with Crippen LogP contribution < -0.4 is 0 Å². The summed E-state index contributed by atoms with van der Waals surface area (Å²) in [5.41, 5.74) is 1.79. The number of carbonyl (C=O) groups excluding carboxylic acids is 1. The number of ketones is 1. The second-order valence-corrected chi connectivity index (χ2v) is 3.19. The van der Waals surface area contributed by atoms with Crippen molar-refractivity contribution >= 4 is 5.78 Å². The van der Waals surface area contributed by atoms with E-state index in [0.29, 0.717) is 12.8 Å². The smallest absolute Gasteiger partial charge is 0.136 e. The molecular weight excluding hydrogens is 164 g/mol. The molecular formula is C11H14O2. The Kier molecular flexibility index (Phi) is 3.07. The molecule has 0 radical (unpaired) electrons. The van der Waals surface area contributed by atoms with Crippen LogP contribution in [0.3, 0.4) is 0 Å². The van der Waals surface area contributed by atoms with Crippen LogP contribution in [-0.4, -0.2) is 10.9 Å². The van der Waals surface area contributed by atoms with Crippen LogP contribution >= 0.6 is 0 Å². The lowest BCUT2D eigenvalue weighted by atomic mass is 10.0. The van der Waals surface area contributed by atoms with Crippen molar-refractivity contribution in [3.05, 3.63) is 29.3 Å². The van der Waals surface area contributed by atoms with E-state index in [1.165, 1.54) is 0 Å². The molecule has 0 bridgehead atoms. The molecule has 1 rings (SSSR count). The van der Waals surface area contributed by atoms with Gasteiger partial charge in [-0.3, -0.25) is 4.79 Å². The molecule has 2 nitrogen and oxygen atoms in total. The van der Waals surface area contributed by atoms with Crippen LogP contribution in [0.2, 0.25) is 0 Å². The fourth-order valence-electron chi connectivity index (χ4n) is 1.18. The third-order valence-corrected chi connectivity index (χ3v) is 2.06. The highest BCUT2D eigenvalue weighted by Gasteiger charge is 2.02. The highest BCUT2D eigenvalue weighted by molar-refractivity contribution is 5.80. The molecule has 0 aliphatic carbocycles. The van der Waals surface area contributed by atoms with E-state index in [2.05, 4.69) is 0 Å². The van der Waals surface area contributed by atoms with E-state index in [0.717, 1.165) is 11.1 Å². The Labute approximate surface area is 78.2 Å². The first kappa shape index (κ1) is 9.78. The van der Waals surface area contributed by atoms with Gasteiger partial charge in [0, 0.05) is 12.8 Å². The first-order valence-electron chi connectivity index (χ1n) is 4.43. The maximum Gasteiger partial charge on any atom is 0.136 e. The maximum atomic E-state index is 11.1. The van der Waals surface area contributed by atoms with Crippen LogP contribution in [-0.2, 0) is 11.2 Å². The summed E-state index contributed by atoms with van der Waals surface area (Å²) in [6, 6.07) is 5.27. The molecule has 0 amide bonds. The zero-order valence-corrected chi connectivity index (χ0v) is 8.00. The zero-order valence-electron chi connectivity index (χ0n) is 8.00. The number of phenolic OH excluding ortho intramolecular Hbond substituents is 1. The van der Waals surface area contributed by atoms with Gasteiger partial charge in [0.1, 0.15) is 11.5 Å². The third-order valence-electron chi connectivity index (χ3n) is 2.06. The average molecular weight is 178 g/mol. The molecule has 13 heavy (non-hydrogen) atoms. The molecule has 0 aliphatic rings. The van der Waals surface area contributed by atoms with Crippen molar-refractivity contribution in [3.8, 4) is 5.75 Å². The zero-order chi connectivity index (χ0) is 9.84. The first-order chi connectivity index (χ1) is 6.13. The Hall–Kier alpha value is -1.31. The van der Waals surface area contributed by atoms with Crippen molar-refractivity contribution in [3.63, 3.8) is 0 Å². The van der Waals surface area contributed by atoms with Crippen LogP contribution in [0, 0.1) is 6.92 Å². The Morgan fingerprint density at radius 1 is 1.46 bits per heavy atom. The summed E-state index contributed by atoms with van der Waals surface area (Å²) in [6.07, 6.45) is 1.04. The van der Waals surface area contributed by atoms with Gasteiger partial charge < -0.3 is 5.11 Å². The van der Waals surface area contributed by atoms with E-state index >= 15 is 0 Å². The van der Waals surface area contributed by atoms with Gasteiger partial charge >= 0.3 is 0 Å². The largest absolute Gasteiger partial charge is 0.508 e. The maximum absolute atomic E-state index is 11.1. The van der Waals surface area contributed by atoms with Crippen LogP contribution in [0.5, 0.6) is 5.75 Å². The second-order valence-electron chi connectivity index (χ2n) is 3.19. The molecule has 0 atom stereocenters. The van der Waals surface area contributed by atoms with Crippen LogP contribution in [0.1, 0.15) is 24.5 Å². The molecule has 70 valence electrons. The van der Waals surface area contributed by atoms with Crippen molar-refractivity contribution in [2.75, 3.05) is 0 Å². The fourth-order valence-corrected chi connectivity index (χ4v) is 1.18. The molecule has 0 saturated carbocycles. The third kappa shape index (κ3) is 2.58. The van der Waals surface area contributed by atoms with Gasteiger partial charge in [-0.1, -0.05) is 19.1 Å². The van der Waals surface area contributed by atoms with E-state index in [-0.39, 0.29) is 11.5 Å². The van der Waals surface area contributed by atoms with E-state index in [1.807, 2.05) is 19.9 Å². The molecule has 0 aliphatic heterocycles. The van der Waals surface area contributed by atoms with Gasteiger partial charge in [-0.2, -0.15) is 0 Å². The Morgan fingerprint density at radius 3 is 2.69 bits per heavy atom. The summed E-state index contributed by atoms with van der Waals surface area (Å²) < 4.78 is 0. The van der Waals surface area contributed by atoms with Crippen molar-refractivity contribution in [2.45, 2.75) is 26.7 Å². The van der Waals surface area contributed by atoms with Gasteiger partial charge in [0.05, 0.1) is 0 Å². The predicted molar refractivity (Wildman–Crippen MR) is 51.8 cm³/mol. The number of Topliss-reactive ketones (excluding diaryl/α,β-unsaturated/α-hetero) is 1. The van der Waals surface area contributed by atoms with Gasteiger partial charge in [0.2, 0.25) is 0 Å². The lowest BCUT2D eigenvalue weighted by Gasteiger charge is -2.02. The van der Waals surface area contributed by atoms with Crippen LogP contribution in [0.15, 0.2) is 18.2 Å². The van der Waals surface area contributed by atoms with Crippen LogP contribution in [0.25, 0.3) is 0 Å². The number of phenols is 1. The van der Waals surface area contributed by atoms with Gasteiger partial charge in [-0.05, 0) is 24.1 Å². The van der Waals surface area contributed by atoms with E-state index in [1.54, 1.807) is 12.1 Å². The predicted octanol–water partition coefficient (Wildman–Crippen LogP) is 2.22.